The monoisotopic (exact) mass is 261 g/mol. The minimum atomic E-state index is 0.0236. The molecule has 0 spiro atoms. The van der Waals surface area contributed by atoms with E-state index in [1.165, 1.54) is 11.5 Å². The zero-order chi connectivity index (χ0) is 12.2. The van der Waals surface area contributed by atoms with Crippen molar-refractivity contribution in [1.82, 2.24) is 9.36 Å². The lowest BCUT2D eigenvalue weighted by Crippen LogP contribution is -2.16. The van der Waals surface area contributed by atoms with Crippen LogP contribution >= 0.6 is 23.1 Å². The quantitative estimate of drug-likeness (QED) is 0.822. The Morgan fingerprint density at radius 1 is 1.44 bits per heavy atom. The van der Waals surface area contributed by atoms with Crippen LogP contribution < -0.4 is 5.32 Å². The second-order valence-electron chi connectivity index (χ2n) is 5.05. The maximum absolute atomic E-state index is 5.66. The molecule has 0 bridgehead atoms. The van der Waals surface area contributed by atoms with Crippen LogP contribution in [-0.2, 0) is 5.41 Å². The smallest absolute Gasteiger partial charge is 0.202 e. The molecular weight excluding hydrogens is 242 g/mol. The Hall–Kier alpha value is -0.350. The Balaban J connectivity index is 2.52. The second kappa shape index (κ2) is 5.82. The van der Waals surface area contributed by atoms with Gasteiger partial charge in [-0.2, -0.15) is 4.37 Å². The summed E-state index contributed by atoms with van der Waals surface area (Å²) < 4.78 is 4.36. The Kier molecular flexibility index (Phi) is 4.99. The maximum atomic E-state index is 5.66. The van der Waals surface area contributed by atoms with E-state index in [1.807, 2.05) is 0 Å². The van der Waals surface area contributed by atoms with E-state index in [0.29, 0.717) is 6.04 Å². The van der Waals surface area contributed by atoms with Gasteiger partial charge in [-0.1, -0.05) is 20.8 Å². The summed E-state index contributed by atoms with van der Waals surface area (Å²) >= 11 is 7.09. The molecule has 3 nitrogen and oxygen atoms in total. The summed E-state index contributed by atoms with van der Waals surface area (Å²) in [7, 11) is 0. The summed E-state index contributed by atoms with van der Waals surface area (Å²) in [6.07, 6.45) is 2.09. The molecule has 1 unspecified atom stereocenters. The van der Waals surface area contributed by atoms with Crippen molar-refractivity contribution in [3.05, 3.63) is 5.82 Å². The van der Waals surface area contributed by atoms with Crippen LogP contribution in [-0.4, -0.2) is 21.3 Å². The molecule has 0 aromatic carbocycles. The third-order valence-electron chi connectivity index (χ3n) is 2.24. The molecule has 16 heavy (non-hydrogen) atoms. The van der Waals surface area contributed by atoms with E-state index >= 15 is 0 Å². The minimum Gasteiger partial charge on any atom is -0.358 e. The number of halogens is 1. The molecule has 1 aromatic rings. The first-order valence-electron chi connectivity index (χ1n) is 5.60. The standard InChI is InChI=1S/C11H20ClN3S/c1-8(6-5-7-12)13-10-14-9(15-16-10)11(2,3)4/h8H,5-7H2,1-4H3,(H,13,14,15). The molecule has 5 heteroatoms. The van der Waals surface area contributed by atoms with Crippen LogP contribution in [0.4, 0.5) is 5.13 Å². The van der Waals surface area contributed by atoms with Crippen molar-refractivity contribution in [2.45, 2.75) is 52.0 Å². The summed E-state index contributed by atoms with van der Waals surface area (Å²) in [6, 6.07) is 0.402. The van der Waals surface area contributed by atoms with Gasteiger partial charge in [0, 0.05) is 28.9 Å². The van der Waals surface area contributed by atoms with E-state index in [1.54, 1.807) is 0 Å². The highest BCUT2D eigenvalue weighted by Gasteiger charge is 2.19. The van der Waals surface area contributed by atoms with Crippen molar-refractivity contribution < 1.29 is 0 Å². The van der Waals surface area contributed by atoms with Crippen molar-refractivity contribution >= 4 is 28.3 Å². The van der Waals surface area contributed by atoms with Crippen LogP contribution in [0.25, 0.3) is 0 Å². The number of nitrogens with zero attached hydrogens (tertiary/aromatic N) is 2. The molecule has 0 radical (unpaired) electrons. The van der Waals surface area contributed by atoms with Crippen LogP contribution in [0.1, 0.15) is 46.4 Å². The van der Waals surface area contributed by atoms with Crippen LogP contribution in [0, 0.1) is 0 Å². The van der Waals surface area contributed by atoms with E-state index in [-0.39, 0.29) is 5.41 Å². The van der Waals surface area contributed by atoms with Crippen molar-refractivity contribution in [1.29, 1.82) is 0 Å². The number of anilines is 1. The fourth-order valence-corrected chi connectivity index (χ4v) is 2.28. The van der Waals surface area contributed by atoms with E-state index in [9.17, 15) is 0 Å². The molecular formula is C11H20ClN3S. The highest BCUT2D eigenvalue weighted by atomic mass is 35.5. The van der Waals surface area contributed by atoms with Crippen LogP contribution in [0.15, 0.2) is 0 Å². The van der Waals surface area contributed by atoms with Gasteiger partial charge in [-0.15, -0.1) is 11.6 Å². The summed E-state index contributed by atoms with van der Waals surface area (Å²) in [5.74, 6) is 1.62. The highest BCUT2D eigenvalue weighted by molar-refractivity contribution is 7.09. The largest absolute Gasteiger partial charge is 0.358 e. The molecule has 92 valence electrons. The minimum absolute atomic E-state index is 0.0236. The average Bonchev–Trinajstić information content (AvgIpc) is 2.62. The Morgan fingerprint density at radius 3 is 2.62 bits per heavy atom. The molecule has 1 atom stereocenters. The summed E-state index contributed by atoms with van der Waals surface area (Å²) in [4.78, 5) is 4.49. The van der Waals surface area contributed by atoms with Gasteiger partial charge in [-0.05, 0) is 19.8 Å². The fraction of sp³-hybridized carbons (Fsp3) is 0.818. The van der Waals surface area contributed by atoms with Gasteiger partial charge < -0.3 is 5.32 Å². The zero-order valence-electron chi connectivity index (χ0n) is 10.4. The molecule has 0 aliphatic rings. The average molecular weight is 262 g/mol. The molecule has 1 aromatic heterocycles. The lowest BCUT2D eigenvalue weighted by molar-refractivity contribution is 0.554. The van der Waals surface area contributed by atoms with E-state index in [4.69, 9.17) is 11.6 Å². The third-order valence-corrected chi connectivity index (χ3v) is 3.15. The molecule has 1 heterocycles. The Morgan fingerprint density at radius 2 is 2.12 bits per heavy atom. The molecule has 0 saturated carbocycles. The molecule has 1 rings (SSSR count). The number of rotatable bonds is 5. The van der Waals surface area contributed by atoms with Crippen molar-refractivity contribution in [3.63, 3.8) is 0 Å². The summed E-state index contributed by atoms with van der Waals surface area (Å²) in [6.45, 7) is 8.51. The number of hydrogen-bond acceptors (Lipinski definition) is 4. The summed E-state index contributed by atoms with van der Waals surface area (Å²) in [5, 5.41) is 4.26. The van der Waals surface area contributed by atoms with Gasteiger partial charge >= 0.3 is 0 Å². The lowest BCUT2D eigenvalue weighted by Gasteiger charge is -2.13. The van der Waals surface area contributed by atoms with Crippen molar-refractivity contribution in [2.24, 2.45) is 0 Å². The molecule has 0 fully saturated rings. The van der Waals surface area contributed by atoms with Crippen LogP contribution in [0.2, 0.25) is 0 Å². The Labute approximate surface area is 107 Å². The van der Waals surface area contributed by atoms with Gasteiger partial charge in [0.1, 0.15) is 5.82 Å². The maximum Gasteiger partial charge on any atom is 0.202 e. The van der Waals surface area contributed by atoms with E-state index in [2.05, 4.69) is 42.4 Å². The molecule has 0 aliphatic carbocycles. The van der Waals surface area contributed by atoms with Gasteiger partial charge in [-0.25, -0.2) is 4.98 Å². The van der Waals surface area contributed by atoms with Gasteiger partial charge in [0.15, 0.2) is 0 Å². The van der Waals surface area contributed by atoms with Crippen molar-refractivity contribution in [2.75, 3.05) is 11.2 Å². The van der Waals surface area contributed by atoms with Gasteiger partial charge in [0.2, 0.25) is 5.13 Å². The normalized spacial score (nSPS) is 13.8. The number of hydrogen-bond donors (Lipinski definition) is 1. The van der Waals surface area contributed by atoms with Crippen LogP contribution in [0.5, 0.6) is 0 Å². The van der Waals surface area contributed by atoms with Crippen LogP contribution in [0.3, 0.4) is 0 Å². The SMILES string of the molecule is CC(CCCCl)Nc1nc(C(C)(C)C)ns1. The number of aromatic nitrogens is 2. The van der Waals surface area contributed by atoms with Crippen molar-refractivity contribution in [3.8, 4) is 0 Å². The first kappa shape index (κ1) is 13.7. The van der Waals surface area contributed by atoms with Gasteiger partial charge in [-0.3, -0.25) is 0 Å². The molecule has 0 saturated heterocycles. The fourth-order valence-electron chi connectivity index (χ4n) is 1.25. The molecule has 0 aliphatic heterocycles. The summed E-state index contributed by atoms with van der Waals surface area (Å²) in [5.41, 5.74) is 0.0236. The second-order valence-corrected chi connectivity index (χ2v) is 6.18. The zero-order valence-corrected chi connectivity index (χ0v) is 12.0. The number of nitrogens with one attached hydrogen (secondary N) is 1. The third kappa shape index (κ3) is 4.26. The predicted octanol–water partition coefficient (Wildman–Crippen LogP) is 3.66. The molecule has 0 amide bonds. The lowest BCUT2D eigenvalue weighted by atomic mass is 9.96. The topological polar surface area (TPSA) is 37.8 Å². The number of alkyl halides is 1. The highest BCUT2D eigenvalue weighted by Crippen LogP contribution is 2.23. The predicted molar refractivity (Wildman–Crippen MR) is 71.6 cm³/mol. The van der Waals surface area contributed by atoms with E-state index < -0.39 is 0 Å². The Bertz CT molecular complexity index is 319. The first-order chi connectivity index (χ1) is 7.43. The van der Waals surface area contributed by atoms with Gasteiger partial charge in [0.25, 0.3) is 0 Å². The van der Waals surface area contributed by atoms with Gasteiger partial charge in [0.05, 0.1) is 0 Å². The van der Waals surface area contributed by atoms with E-state index in [0.717, 1.165) is 29.7 Å². The first-order valence-corrected chi connectivity index (χ1v) is 6.91. The molecule has 1 N–H and O–H groups in total.